The van der Waals surface area contributed by atoms with Crippen LogP contribution in [-0.2, 0) is 11.3 Å². The van der Waals surface area contributed by atoms with Crippen molar-refractivity contribution >= 4 is 195 Å². The Morgan fingerprint density at radius 2 is 1.09 bits per heavy atom. The molecule has 11 aromatic rings. The van der Waals surface area contributed by atoms with Crippen molar-refractivity contribution in [1.82, 2.24) is 71.8 Å². The number of halogens is 13. The molecule has 21 nitrogen and oxygen atoms in total. The van der Waals surface area contributed by atoms with Gasteiger partial charge in [-0.3, -0.25) is 26.8 Å². The number of fused-ring (bicyclic) bond motifs is 5. The summed E-state index contributed by atoms with van der Waals surface area (Å²) in [5.41, 5.74) is 8.55. The largest absolute Gasteiger partial charge is 1.00 e. The van der Waals surface area contributed by atoms with Crippen LogP contribution in [0.2, 0.25) is 36.1 Å². The van der Waals surface area contributed by atoms with E-state index in [1.54, 1.807) is 20.3 Å². The summed E-state index contributed by atoms with van der Waals surface area (Å²) in [7, 11) is 7.50. The zero-order valence-corrected chi connectivity index (χ0v) is 55.6. The van der Waals surface area contributed by atoms with E-state index >= 15 is 0 Å². The number of unbranched alkanes of at least 4 members (excludes halogenated alkanes) is 1. The quantitative estimate of drug-likeness (QED) is 0.0607. The van der Waals surface area contributed by atoms with E-state index in [0.717, 1.165) is 12.0 Å². The average molecular weight is 1670 g/mol. The number of thiol groups is 1. The average Bonchev–Trinajstić information content (AvgIpc) is 1.64. The summed E-state index contributed by atoms with van der Waals surface area (Å²) in [4.78, 5) is 47.7. The number of nitrogens with zero attached hydrogens (tertiary/aromatic N) is 16. The summed E-state index contributed by atoms with van der Waals surface area (Å²) in [6.07, 6.45) is 7.50. The number of nitrogen functional groups attached to an aromatic ring is 1. The van der Waals surface area contributed by atoms with E-state index in [-0.39, 0.29) is 142 Å². The number of carbonyl (C=O) groups is 1. The van der Waals surface area contributed by atoms with Crippen molar-refractivity contribution in [2.75, 3.05) is 25.3 Å². The van der Waals surface area contributed by atoms with Gasteiger partial charge in [0.15, 0.2) is 27.1 Å². The third kappa shape index (κ3) is 26.3. The van der Waals surface area contributed by atoms with Crippen LogP contribution in [0.5, 0.6) is 11.5 Å². The molecule has 11 rings (SSSR count). The summed E-state index contributed by atoms with van der Waals surface area (Å²) in [5, 5.41) is 4.35. The van der Waals surface area contributed by atoms with Gasteiger partial charge in [-0.25, -0.2) is 49.8 Å². The molecular formula is C57H76BBr3Cl7F3LiN18O3S. The minimum Gasteiger partial charge on any atom is -0.343 e. The predicted molar refractivity (Wildman–Crippen MR) is 395 cm³/mol. The van der Waals surface area contributed by atoms with Crippen molar-refractivity contribution in [2.45, 2.75) is 119 Å². The Kier molecular flexibility index (Phi) is 34.9. The second-order valence-corrected chi connectivity index (χ2v) is 20.5. The number of benzene rings is 1. The van der Waals surface area contributed by atoms with E-state index in [1.165, 1.54) is 78.0 Å². The van der Waals surface area contributed by atoms with E-state index in [9.17, 15) is 13.2 Å². The smallest absolute Gasteiger partial charge is 0.343 e. The maximum absolute atomic E-state index is 10.4. The number of rotatable bonds is 6. The van der Waals surface area contributed by atoms with Gasteiger partial charge in [0.25, 0.3) is 0 Å². The maximum atomic E-state index is 10.4. The SMILES string of the molecule is C.C.C.C.C.C.C.O=CC(F)(F)F.[2H]C([2H])([2H])c1nc(Br)c2c(Cl)ncc(Cl)n12.[2H]C([2H])([2H])c1nc(Br)c2c(N)ncc(Cl)n12.[2H]C([2H])([2H])c1nc(Br)c2c(NCc3ccc(OC)cc3OC)ncc(Cl)n12.[2H]C([2H])([2H])c1ncc2c(Cl)ncc(Cl)n12.[2H]C([2H])([2H])c1ncc2c(Cl)nccn12.[B]=NS.[CH2-]CCC.[Li+]. The molecule has 37 heteroatoms. The Morgan fingerprint density at radius 1 is 0.660 bits per heavy atom. The molecule has 10 heterocycles. The van der Waals surface area contributed by atoms with Gasteiger partial charge in [-0.05, 0) is 94.2 Å². The number of aldehydes is 1. The number of aryl methyl sites for hydroxylation is 5. The molecule has 0 aliphatic rings. The number of anilines is 2. The molecule has 0 unspecified atom stereocenters. The number of methoxy groups -OCH3 is 2. The summed E-state index contributed by atoms with van der Waals surface area (Å²) >= 11 is 53.9. The number of hydrogen-bond acceptors (Lipinski definition) is 17. The summed E-state index contributed by atoms with van der Waals surface area (Å²) in [6.45, 7) is -5.62. The monoisotopic (exact) mass is 1660 g/mol. The van der Waals surface area contributed by atoms with Crippen LogP contribution in [0.15, 0.2) is 85.9 Å². The summed E-state index contributed by atoms with van der Waals surface area (Å²) in [6, 6.07) is 5.48. The van der Waals surface area contributed by atoms with Crippen molar-refractivity contribution in [3.8, 4) is 11.5 Å². The predicted octanol–water partition coefficient (Wildman–Crippen LogP) is 17.3. The number of ether oxygens (including phenoxy) is 2. The molecule has 0 aliphatic carbocycles. The molecule has 0 amide bonds. The van der Waals surface area contributed by atoms with Gasteiger partial charge in [0.2, 0.25) is 6.29 Å². The van der Waals surface area contributed by atoms with Gasteiger partial charge in [0, 0.05) is 51.1 Å². The fraction of sp³-hybridized carbons (Fsp3) is 0.333. The first-order valence-corrected chi connectivity index (χ1v) is 28.2. The van der Waals surface area contributed by atoms with Gasteiger partial charge in [-0.15, -0.1) is 0 Å². The zero-order valence-electron chi connectivity index (χ0n) is 59.7. The topological polar surface area (TPSA) is 237 Å². The molecule has 0 saturated carbocycles. The molecule has 0 spiro atoms. The summed E-state index contributed by atoms with van der Waals surface area (Å²) in [5.74, 6) is 1.39. The molecule has 0 atom stereocenters. The minimum atomic E-state index is -4.64. The van der Waals surface area contributed by atoms with Crippen LogP contribution in [0, 0.1) is 41.2 Å². The van der Waals surface area contributed by atoms with Crippen LogP contribution in [0.25, 0.3) is 27.6 Å². The van der Waals surface area contributed by atoms with E-state index in [1.807, 2.05) is 12.1 Å². The molecule has 3 N–H and O–H groups in total. The summed E-state index contributed by atoms with van der Waals surface area (Å²) < 4.78 is 163. The van der Waals surface area contributed by atoms with Gasteiger partial charge < -0.3 is 27.4 Å². The molecular weight excluding hydrogens is 1580 g/mol. The molecule has 1 radical (unpaired) electrons. The zero-order chi connectivity index (χ0) is 76.8. The van der Waals surface area contributed by atoms with Crippen LogP contribution in [0.3, 0.4) is 0 Å². The maximum Gasteiger partial charge on any atom is 1.00 e. The fourth-order valence-electron chi connectivity index (χ4n) is 6.26. The third-order valence-electron chi connectivity index (χ3n) is 10.0. The van der Waals surface area contributed by atoms with Crippen LogP contribution in [0.4, 0.5) is 24.8 Å². The number of imidazole rings is 5. The first-order valence-electron chi connectivity index (χ1n) is 30.3. The van der Waals surface area contributed by atoms with E-state index < -0.39 is 46.7 Å². The van der Waals surface area contributed by atoms with Crippen molar-refractivity contribution in [3.63, 3.8) is 0 Å². The van der Waals surface area contributed by atoms with Crippen molar-refractivity contribution in [3.05, 3.63) is 159 Å². The van der Waals surface area contributed by atoms with Crippen molar-refractivity contribution < 1.29 is 66.9 Å². The fourth-order valence-corrected chi connectivity index (χ4v) is 9.45. The molecule has 10 aromatic heterocycles. The number of nitrogens with one attached hydrogen (secondary N) is 1. The number of nitrogens with two attached hydrogens (primary N) is 1. The van der Waals surface area contributed by atoms with Gasteiger partial charge in [-0.2, -0.15) is 19.6 Å². The Hall–Kier alpha value is -4.74. The Balaban J connectivity index is -0.000000396. The van der Waals surface area contributed by atoms with E-state index in [0.29, 0.717) is 65.3 Å². The number of carbonyl (C=O) groups excluding carboxylic acids is 1. The number of aromatic nitrogens is 15. The Morgan fingerprint density at radius 3 is 1.57 bits per heavy atom. The molecule has 0 bridgehead atoms. The van der Waals surface area contributed by atoms with Gasteiger partial charge in [-0.1, -0.05) is 147 Å². The van der Waals surface area contributed by atoms with Crippen molar-refractivity contribution in [2.24, 2.45) is 4.30 Å². The van der Waals surface area contributed by atoms with Crippen LogP contribution < -0.4 is 39.4 Å². The van der Waals surface area contributed by atoms with Crippen LogP contribution in [0.1, 0.15) is 127 Å². The molecule has 1 aromatic carbocycles. The second kappa shape index (κ2) is 46.5. The second-order valence-electron chi connectivity index (χ2n) is 15.4. The van der Waals surface area contributed by atoms with Crippen LogP contribution in [-0.4, -0.2) is 106 Å². The molecule has 0 saturated heterocycles. The molecule has 0 fully saturated rings. The molecule has 94 heavy (non-hydrogen) atoms. The molecule has 513 valence electrons. The minimum absolute atomic E-state index is 0. The van der Waals surface area contributed by atoms with E-state index in [2.05, 4.69) is 142 Å². The third-order valence-corrected chi connectivity index (χ3v) is 13.6. The number of hydrogen-bond donors (Lipinski definition) is 3. The Bertz CT molecular complexity index is 4600. The van der Waals surface area contributed by atoms with Gasteiger partial charge in [0.05, 0.1) is 51.4 Å². The Labute approximate surface area is 647 Å². The van der Waals surface area contributed by atoms with Crippen LogP contribution >= 0.6 is 142 Å². The number of alkyl halides is 3. The van der Waals surface area contributed by atoms with E-state index in [4.69, 9.17) is 122 Å². The molecule has 0 aliphatic heterocycles. The van der Waals surface area contributed by atoms with Gasteiger partial charge in [0.1, 0.15) is 103 Å². The standard InChI is InChI=1S/C16H16BrClN4O2.C7H4BrCl2N3.C7H6BrClN4.C7H5Cl2N3.C7H6ClN3.C4H9.C2HF3O.7CH4.BHNS.Li/c1-9-21-15(17)14-16(20-8-13(18)22(9)14)19-7-10-4-5-11(23-2)6-12(10)24-3;2*1-3-12-6(8)5-7(10)11-2-4(9)13(3)5;1-4-10-2-5-7(9)11-3-6(8)12(4)5;1-5-10-4-6-7(8)9-2-3-11(5)6;1-3-4-2;3-2(4,5)1-6;;;;;;;;1-2-3;/h4-6,8H,7H2,1-3H3,(H,19,20);2H,1H3;2H,1H3,(H2,10,11);2-3H,1H3;2-4H,1H3;1,3-4H2,2H3;1H;7*1H4;3H;/q;;;;;-1;;;;;;;;;;+1/i5*1D3;;;;;;;;;;;. The van der Waals surface area contributed by atoms with Crippen molar-refractivity contribution in [1.29, 1.82) is 0 Å². The normalized spacial score (nSPS) is 12.7. The first kappa shape index (κ1) is 70.6. The van der Waals surface area contributed by atoms with Gasteiger partial charge >= 0.3 is 49.8 Å². The first-order chi connectivity index (χ1) is 46.7.